The highest BCUT2D eigenvalue weighted by atomic mass is 35.5. The van der Waals surface area contributed by atoms with E-state index in [0.29, 0.717) is 27.7 Å². The van der Waals surface area contributed by atoms with Crippen LogP contribution < -0.4 is 10.1 Å². The number of carbonyl (C=O) groups excluding carboxylic acids is 1. The number of para-hydroxylation sites is 1. The Morgan fingerprint density at radius 2 is 1.76 bits per heavy atom. The minimum atomic E-state index is -0.235. The number of aromatic nitrogens is 1. The van der Waals surface area contributed by atoms with Crippen molar-refractivity contribution in [2.24, 2.45) is 0 Å². The van der Waals surface area contributed by atoms with Crippen LogP contribution in [0.3, 0.4) is 0 Å². The van der Waals surface area contributed by atoms with Crippen LogP contribution in [-0.2, 0) is 0 Å². The first-order valence-corrected chi connectivity index (χ1v) is 9.55. The van der Waals surface area contributed by atoms with Crippen molar-refractivity contribution >= 4 is 34.1 Å². The van der Waals surface area contributed by atoms with Gasteiger partial charge in [0, 0.05) is 16.0 Å². The number of fused-ring (bicyclic) bond motifs is 1. The number of aryl methyl sites for hydroxylation is 1. The number of halogens is 1. The molecule has 0 spiro atoms. The molecule has 0 radical (unpaired) electrons. The van der Waals surface area contributed by atoms with Crippen LogP contribution in [-0.4, -0.2) is 18.0 Å². The standard InChI is InChI=1S/C24H19ClN2O2/c1-15-11-12-23(29-2)22(13-15)27-24(28)18-14-21(17-8-3-5-9-19(17)25)26-20-10-6-4-7-16(18)20/h3-14H,1-2H3,(H,27,28). The zero-order chi connectivity index (χ0) is 20.4. The molecule has 0 aliphatic heterocycles. The van der Waals surface area contributed by atoms with Crippen molar-refractivity contribution in [3.8, 4) is 17.0 Å². The number of pyridine rings is 1. The van der Waals surface area contributed by atoms with E-state index in [1.807, 2.05) is 73.7 Å². The Labute approximate surface area is 174 Å². The van der Waals surface area contributed by atoms with Gasteiger partial charge in [-0.25, -0.2) is 4.98 Å². The van der Waals surface area contributed by atoms with Crippen LogP contribution in [0.2, 0.25) is 5.02 Å². The molecule has 0 aliphatic rings. The lowest BCUT2D eigenvalue weighted by Gasteiger charge is -2.13. The fraction of sp³-hybridized carbons (Fsp3) is 0.0833. The summed E-state index contributed by atoms with van der Waals surface area (Å²) in [6.07, 6.45) is 0. The summed E-state index contributed by atoms with van der Waals surface area (Å²) in [5.41, 5.74) is 4.33. The first-order valence-electron chi connectivity index (χ1n) is 9.17. The van der Waals surface area contributed by atoms with Gasteiger partial charge in [-0.05, 0) is 42.8 Å². The molecule has 144 valence electrons. The average molecular weight is 403 g/mol. The lowest BCUT2D eigenvalue weighted by molar-refractivity contribution is 0.102. The molecule has 0 atom stereocenters. The normalized spacial score (nSPS) is 10.7. The number of nitrogens with zero attached hydrogens (tertiary/aromatic N) is 1. The average Bonchev–Trinajstić information content (AvgIpc) is 2.73. The van der Waals surface area contributed by atoms with Gasteiger partial charge in [-0.3, -0.25) is 4.79 Å². The highest BCUT2D eigenvalue weighted by molar-refractivity contribution is 6.33. The topological polar surface area (TPSA) is 51.2 Å². The Kier molecular flexibility index (Phi) is 5.19. The zero-order valence-electron chi connectivity index (χ0n) is 16.1. The lowest BCUT2D eigenvalue weighted by atomic mass is 10.0. The molecule has 0 unspecified atom stereocenters. The molecule has 0 saturated heterocycles. The van der Waals surface area contributed by atoms with Crippen molar-refractivity contribution in [1.82, 2.24) is 4.98 Å². The van der Waals surface area contributed by atoms with Crippen LogP contribution in [0.1, 0.15) is 15.9 Å². The van der Waals surface area contributed by atoms with Crippen molar-refractivity contribution < 1.29 is 9.53 Å². The maximum Gasteiger partial charge on any atom is 0.256 e. The maximum atomic E-state index is 13.2. The third kappa shape index (κ3) is 3.80. The van der Waals surface area contributed by atoms with E-state index in [0.717, 1.165) is 22.0 Å². The van der Waals surface area contributed by atoms with Crippen LogP contribution in [0.4, 0.5) is 5.69 Å². The van der Waals surface area contributed by atoms with Gasteiger partial charge >= 0.3 is 0 Å². The Bertz CT molecular complexity index is 1220. The summed E-state index contributed by atoms with van der Waals surface area (Å²) >= 11 is 6.37. The van der Waals surface area contributed by atoms with Gasteiger partial charge in [-0.2, -0.15) is 0 Å². The highest BCUT2D eigenvalue weighted by Gasteiger charge is 2.16. The van der Waals surface area contributed by atoms with Crippen molar-refractivity contribution in [3.63, 3.8) is 0 Å². The summed E-state index contributed by atoms with van der Waals surface area (Å²) in [7, 11) is 1.58. The quantitative estimate of drug-likeness (QED) is 0.447. The molecule has 4 nitrogen and oxygen atoms in total. The molecule has 1 amide bonds. The minimum absolute atomic E-state index is 0.235. The number of carbonyl (C=O) groups is 1. The van der Waals surface area contributed by atoms with Gasteiger partial charge < -0.3 is 10.1 Å². The van der Waals surface area contributed by atoms with Crippen LogP contribution in [0.15, 0.2) is 72.8 Å². The third-order valence-corrected chi connectivity index (χ3v) is 5.04. The Morgan fingerprint density at radius 1 is 1.00 bits per heavy atom. The predicted molar refractivity (Wildman–Crippen MR) is 118 cm³/mol. The number of methoxy groups -OCH3 is 1. The van der Waals surface area contributed by atoms with E-state index in [1.54, 1.807) is 13.2 Å². The second-order valence-electron chi connectivity index (χ2n) is 6.71. The van der Waals surface area contributed by atoms with Crippen LogP contribution in [0, 0.1) is 6.92 Å². The maximum absolute atomic E-state index is 13.2. The summed E-state index contributed by atoms with van der Waals surface area (Å²) in [4.78, 5) is 18.0. The lowest BCUT2D eigenvalue weighted by Crippen LogP contribution is -2.14. The molecule has 1 heterocycles. The van der Waals surface area contributed by atoms with Gasteiger partial charge in [0.15, 0.2) is 0 Å². The summed E-state index contributed by atoms with van der Waals surface area (Å²) in [5, 5.41) is 4.34. The largest absolute Gasteiger partial charge is 0.495 e. The van der Waals surface area contributed by atoms with Gasteiger partial charge in [0.1, 0.15) is 5.75 Å². The van der Waals surface area contributed by atoms with Crippen molar-refractivity contribution in [1.29, 1.82) is 0 Å². The second-order valence-corrected chi connectivity index (χ2v) is 7.12. The van der Waals surface area contributed by atoms with Crippen molar-refractivity contribution in [2.75, 3.05) is 12.4 Å². The van der Waals surface area contributed by atoms with E-state index in [9.17, 15) is 4.79 Å². The fourth-order valence-corrected chi connectivity index (χ4v) is 3.51. The van der Waals surface area contributed by atoms with Gasteiger partial charge in [-0.15, -0.1) is 0 Å². The first kappa shape index (κ1) is 19.0. The first-order chi connectivity index (χ1) is 14.1. The molecule has 0 bridgehead atoms. The minimum Gasteiger partial charge on any atom is -0.495 e. The number of nitrogens with one attached hydrogen (secondary N) is 1. The Hall–Kier alpha value is -3.37. The molecule has 0 aliphatic carbocycles. The van der Waals surface area contributed by atoms with Gasteiger partial charge in [0.05, 0.1) is 29.6 Å². The molecular formula is C24H19ClN2O2. The van der Waals surface area contributed by atoms with E-state index < -0.39 is 0 Å². The molecule has 0 saturated carbocycles. The summed E-state index contributed by atoms with van der Waals surface area (Å²) < 4.78 is 5.39. The number of anilines is 1. The van der Waals surface area contributed by atoms with E-state index in [4.69, 9.17) is 21.3 Å². The molecule has 0 fully saturated rings. The fourth-order valence-electron chi connectivity index (χ4n) is 3.28. The van der Waals surface area contributed by atoms with Gasteiger partial charge in [0.2, 0.25) is 0 Å². The molecule has 3 aromatic carbocycles. The Balaban J connectivity index is 1.83. The number of amides is 1. The van der Waals surface area contributed by atoms with Crippen LogP contribution in [0.5, 0.6) is 5.75 Å². The van der Waals surface area contributed by atoms with Crippen LogP contribution >= 0.6 is 11.6 Å². The number of hydrogen-bond acceptors (Lipinski definition) is 3. The summed E-state index contributed by atoms with van der Waals surface area (Å²) in [6.45, 7) is 1.96. The number of benzene rings is 3. The molecule has 1 N–H and O–H groups in total. The third-order valence-electron chi connectivity index (χ3n) is 4.71. The number of rotatable bonds is 4. The molecule has 29 heavy (non-hydrogen) atoms. The van der Waals surface area contributed by atoms with E-state index in [2.05, 4.69) is 5.32 Å². The van der Waals surface area contributed by atoms with E-state index >= 15 is 0 Å². The Morgan fingerprint density at radius 3 is 2.55 bits per heavy atom. The van der Waals surface area contributed by atoms with Crippen molar-refractivity contribution in [3.05, 3.63) is 88.9 Å². The molecule has 5 heteroatoms. The zero-order valence-corrected chi connectivity index (χ0v) is 16.8. The summed E-state index contributed by atoms with van der Waals surface area (Å²) in [5.74, 6) is 0.370. The SMILES string of the molecule is COc1ccc(C)cc1NC(=O)c1cc(-c2ccccc2Cl)nc2ccccc12. The highest BCUT2D eigenvalue weighted by Crippen LogP contribution is 2.31. The monoisotopic (exact) mass is 402 g/mol. The van der Waals surface area contributed by atoms with Crippen LogP contribution in [0.25, 0.3) is 22.2 Å². The van der Waals surface area contributed by atoms with Crippen molar-refractivity contribution in [2.45, 2.75) is 6.92 Å². The molecule has 1 aromatic heterocycles. The van der Waals surface area contributed by atoms with E-state index in [1.165, 1.54) is 0 Å². The smallest absolute Gasteiger partial charge is 0.256 e. The predicted octanol–water partition coefficient (Wildman–Crippen LogP) is 6.12. The van der Waals surface area contributed by atoms with E-state index in [-0.39, 0.29) is 5.91 Å². The molecule has 4 rings (SSSR count). The van der Waals surface area contributed by atoms with Gasteiger partial charge in [0.25, 0.3) is 5.91 Å². The number of ether oxygens (including phenoxy) is 1. The molecular weight excluding hydrogens is 384 g/mol. The summed E-state index contributed by atoms with van der Waals surface area (Å²) in [6, 6.07) is 22.5. The number of hydrogen-bond donors (Lipinski definition) is 1. The second kappa shape index (κ2) is 7.94. The molecule has 4 aromatic rings. The van der Waals surface area contributed by atoms with Gasteiger partial charge in [-0.1, -0.05) is 54.1 Å².